The van der Waals surface area contributed by atoms with Gasteiger partial charge in [-0.25, -0.2) is 0 Å². The van der Waals surface area contributed by atoms with Crippen LogP contribution in [0, 0.1) is 4.77 Å². The van der Waals surface area contributed by atoms with Crippen LogP contribution in [0.25, 0.3) is 0 Å². The van der Waals surface area contributed by atoms with E-state index in [0.29, 0.717) is 12.2 Å². The highest BCUT2D eigenvalue weighted by Gasteiger charge is 2.29. The summed E-state index contributed by atoms with van der Waals surface area (Å²) in [6, 6.07) is 0. The Morgan fingerprint density at radius 1 is 1.29 bits per heavy atom. The standard InChI is InChI=1S/C10H16F3N3S/c1-2-3-4-5-6-8-14-15-9(17)16(8)7-10(11,12)13/h2-7H2,1H3,(H,15,17). The summed E-state index contributed by atoms with van der Waals surface area (Å²) >= 11 is 4.79. The first kappa shape index (κ1) is 14.2. The van der Waals surface area contributed by atoms with Crippen molar-refractivity contribution in [2.75, 3.05) is 0 Å². The molecule has 0 atom stereocenters. The van der Waals surface area contributed by atoms with Gasteiger partial charge in [0.05, 0.1) is 0 Å². The molecule has 98 valence electrons. The summed E-state index contributed by atoms with van der Waals surface area (Å²) in [6.07, 6.45) is 0.288. The van der Waals surface area contributed by atoms with Gasteiger partial charge in [0, 0.05) is 6.42 Å². The molecule has 3 nitrogen and oxygen atoms in total. The lowest BCUT2D eigenvalue weighted by Gasteiger charge is -2.09. The number of rotatable bonds is 6. The Morgan fingerprint density at radius 2 is 2.00 bits per heavy atom. The number of halogens is 3. The van der Waals surface area contributed by atoms with Gasteiger partial charge in [0.2, 0.25) is 0 Å². The third-order valence-electron chi connectivity index (χ3n) is 2.43. The van der Waals surface area contributed by atoms with Crippen LogP contribution in [0.5, 0.6) is 0 Å². The molecule has 17 heavy (non-hydrogen) atoms. The van der Waals surface area contributed by atoms with Crippen molar-refractivity contribution in [3.63, 3.8) is 0 Å². The van der Waals surface area contributed by atoms with Crippen molar-refractivity contribution in [2.24, 2.45) is 0 Å². The Labute approximate surface area is 103 Å². The van der Waals surface area contributed by atoms with Crippen molar-refractivity contribution in [1.82, 2.24) is 14.8 Å². The minimum absolute atomic E-state index is 0.0350. The number of aromatic nitrogens is 3. The second-order valence-electron chi connectivity index (χ2n) is 3.96. The molecule has 0 amide bonds. The van der Waals surface area contributed by atoms with Gasteiger partial charge in [-0.2, -0.15) is 18.3 Å². The highest BCUT2D eigenvalue weighted by Crippen LogP contribution is 2.19. The molecule has 0 radical (unpaired) electrons. The van der Waals surface area contributed by atoms with E-state index in [0.717, 1.165) is 30.3 Å². The number of hydrogen-bond acceptors (Lipinski definition) is 2. The number of aryl methyl sites for hydroxylation is 1. The van der Waals surface area contributed by atoms with Gasteiger partial charge >= 0.3 is 6.18 Å². The maximum absolute atomic E-state index is 12.3. The zero-order valence-corrected chi connectivity index (χ0v) is 10.5. The molecule has 0 fully saturated rings. The van der Waals surface area contributed by atoms with Crippen LogP contribution in [-0.2, 0) is 13.0 Å². The number of nitrogens with zero attached hydrogens (tertiary/aromatic N) is 2. The van der Waals surface area contributed by atoms with Crippen LogP contribution in [0.4, 0.5) is 13.2 Å². The zero-order chi connectivity index (χ0) is 12.9. The first-order valence-corrected chi connectivity index (χ1v) is 6.05. The minimum atomic E-state index is -4.26. The maximum atomic E-state index is 12.3. The Balaban J connectivity index is 2.63. The number of nitrogens with one attached hydrogen (secondary N) is 1. The Morgan fingerprint density at radius 3 is 2.59 bits per heavy atom. The van der Waals surface area contributed by atoms with E-state index in [-0.39, 0.29) is 4.77 Å². The molecule has 1 heterocycles. The van der Waals surface area contributed by atoms with Crippen LogP contribution in [0.3, 0.4) is 0 Å². The van der Waals surface area contributed by atoms with Crippen LogP contribution in [0.2, 0.25) is 0 Å². The van der Waals surface area contributed by atoms with Gasteiger partial charge < -0.3 is 0 Å². The lowest BCUT2D eigenvalue weighted by Crippen LogP contribution is -2.19. The first-order valence-electron chi connectivity index (χ1n) is 5.65. The van der Waals surface area contributed by atoms with E-state index in [2.05, 4.69) is 17.1 Å². The van der Waals surface area contributed by atoms with Crippen molar-refractivity contribution >= 4 is 12.2 Å². The highest BCUT2D eigenvalue weighted by molar-refractivity contribution is 7.71. The molecule has 1 aromatic heterocycles. The highest BCUT2D eigenvalue weighted by atomic mass is 32.1. The topological polar surface area (TPSA) is 33.6 Å². The number of unbranched alkanes of at least 4 members (excludes halogenated alkanes) is 3. The van der Waals surface area contributed by atoms with Crippen molar-refractivity contribution in [1.29, 1.82) is 0 Å². The number of aromatic amines is 1. The van der Waals surface area contributed by atoms with E-state index in [1.807, 2.05) is 0 Å². The molecule has 1 rings (SSSR count). The van der Waals surface area contributed by atoms with Crippen molar-refractivity contribution in [3.05, 3.63) is 10.6 Å². The molecule has 0 unspecified atom stereocenters. The molecule has 0 spiro atoms. The Hall–Kier alpha value is -0.850. The molecule has 0 aliphatic carbocycles. The van der Waals surface area contributed by atoms with E-state index in [9.17, 15) is 13.2 Å². The first-order chi connectivity index (χ1) is 7.94. The fraction of sp³-hybridized carbons (Fsp3) is 0.800. The molecule has 0 saturated carbocycles. The van der Waals surface area contributed by atoms with Gasteiger partial charge in [-0.05, 0) is 18.6 Å². The summed E-state index contributed by atoms with van der Waals surface area (Å²) in [5.41, 5.74) is 0. The Bertz CT molecular complexity index is 394. The summed E-state index contributed by atoms with van der Waals surface area (Å²) in [4.78, 5) is 0. The third kappa shape index (κ3) is 4.89. The Kier molecular flexibility index (Phi) is 5.17. The number of alkyl halides is 3. The zero-order valence-electron chi connectivity index (χ0n) is 9.68. The van der Waals surface area contributed by atoms with Gasteiger partial charge in [-0.3, -0.25) is 9.67 Å². The SMILES string of the molecule is CCCCCCc1n[nH]c(=S)n1CC(F)(F)F. The summed E-state index contributed by atoms with van der Waals surface area (Å²) in [5.74, 6) is 0.392. The predicted octanol–water partition coefficient (Wildman–Crippen LogP) is 3.63. The van der Waals surface area contributed by atoms with Gasteiger partial charge in [0.15, 0.2) is 4.77 Å². The van der Waals surface area contributed by atoms with Crippen molar-refractivity contribution < 1.29 is 13.2 Å². The lowest BCUT2D eigenvalue weighted by atomic mass is 10.1. The largest absolute Gasteiger partial charge is 0.406 e. The average Bonchev–Trinajstić information content (AvgIpc) is 2.54. The molecule has 0 saturated heterocycles. The normalized spacial score (nSPS) is 12.0. The fourth-order valence-electron chi connectivity index (χ4n) is 1.59. The molecule has 0 aliphatic rings. The van der Waals surface area contributed by atoms with E-state index >= 15 is 0 Å². The van der Waals surface area contributed by atoms with Crippen molar-refractivity contribution in [3.8, 4) is 0 Å². The quantitative estimate of drug-likeness (QED) is 0.631. The fourth-order valence-corrected chi connectivity index (χ4v) is 1.81. The van der Waals surface area contributed by atoms with Crippen LogP contribution in [0.1, 0.15) is 38.4 Å². The smallest absolute Gasteiger partial charge is 0.295 e. The minimum Gasteiger partial charge on any atom is -0.295 e. The number of hydrogen-bond donors (Lipinski definition) is 1. The second kappa shape index (κ2) is 6.18. The molecule has 1 N–H and O–H groups in total. The van der Waals surface area contributed by atoms with Crippen LogP contribution < -0.4 is 0 Å². The summed E-state index contributed by atoms with van der Waals surface area (Å²) in [5, 5.41) is 6.26. The van der Waals surface area contributed by atoms with Crippen LogP contribution in [0.15, 0.2) is 0 Å². The molecule has 7 heteroatoms. The molecular weight excluding hydrogens is 251 g/mol. The van der Waals surface area contributed by atoms with Crippen molar-refractivity contribution in [2.45, 2.75) is 51.7 Å². The third-order valence-corrected chi connectivity index (χ3v) is 2.74. The molecule has 1 aromatic rings. The maximum Gasteiger partial charge on any atom is 0.406 e. The molecule has 0 bridgehead atoms. The summed E-state index contributed by atoms with van der Waals surface area (Å²) in [6.45, 7) is 1.02. The van der Waals surface area contributed by atoms with E-state index < -0.39 is 12.7 Å². The van der Waals surface area contributed by atoms with E-state index in [1.54, 1.807) is 0 Å². The monoisotopic (exact) mass is 267 g/mol. The summed E-state index contributed by atoms with van der Waals surface area (Å²) in [7, 11) is 0. The predicted molar refractivity (Wildman–Crippen MR) is 61.3 cm³/mol. The van der Waals surface area contributed by atoms with Gasteiger partial charge in [-0.15, -0.1) is 0 Å². The van der Waals surface area contributed by atoms with Crippen LogP contribution in [-0.4, -0.2) is 20.9 Å². The van der Waals surface area contributed by atoms with E-state index in [4.69, 9.17) is 12.2 Å². The second-order valence-corrected chi connectivity index (χ2v) is 4.34. The molecule has 0 aromatic carbocycles. The van der Waals surface area contributed by atoms with Crippen LogP contribution >= 0.6 is 12.2 Å². The average molecular weight is 267 g/mol. The van der Waals surface area contributed by atoms with E-state index in [1.165, 1.54) is 0 Å². The molecular formula is C10H16F3N3S. The van der Waals surface area contributed by atoms with Gasteiger partial charge in [0.1, 0.15) is 12.4 Å². The van der Waals surface area contributed by atoms with Gasteiger partial charge in [-0.1, -0.05) is 26.2 Å². The lowest BCUT2D eigenvalue weighted by molar-refractivity contribution is -0.141. The number of H-pyrrole nitrogens is 1. The van der Waals surface area contributed by atoms with Gasteiger partial charge in [0.25, 0.3) is 0 Å². The molecule has 0 aliphatic heterocycles. The summed E-state index contributed by atoms with van der Waals surface area (Å²) < 4.78 is 38.0.